The first-order chi connectivity index (χ1) is 8.34. The Bertz CT molecular complexity index is 495. The number of hydrogen-bond donors (Lipinski definition) is 2. The molecule has 1 aliphatic carbocycles. The number of thiophene rings is 1. The molecule has 0 unspecified atom stereocenters. The fourth-order valence-corrected chi connectivity index (χ4v) is 3.10. The van der Waals surface area contributed by atoms with E-state index in [4.69, 9.17) is 0 Å². The van der Waals surface area contributed by atoms with Crippen LogP contribution in [-0.4, -0.2) is 11.2 Å². The predicted octanol–water partition coefficient (Wildman–Crippen LogP) is 2.50. The molecular formula is C14H15NOS. The van der Waals surface area contributed by atoms with Gasteiger partial charge < -0.3 is 10.4 Å². The fraction of sp³-hybridized carbons (Fsp3) is 0.286. The van der Waals surface area contributed by atoms with E-state index >= 15 is 0 Å². The molecule has 0 bridgehead atoms. The van der Waals surface area contributed by atoms with E-state index in [-0.39, 0.29) is 12.1 Å². The SMILES string of the molecule is O[C@H]1Cc2ccccc2[C@H]1NCc1cccs1. The van der Waals surface area contributed by atoms with Gasteiger partial charge in [0.15, 0.2) is 0 Å². The second-order valence-corrected chi connectivity index (χ2v) is 5.44. The summed E-state index contributed by atoms with van der Waals surface area (Å²) in [6.07, 6.45) is 0.463. The molecule has 2 nitrogen and oxygen atoms in total. The molecule has 0 spiro atoms. The van der Waals surface area contributed by atoms with Gasteiger partial charge in [0.1, 0.15) is 0 Å². The van der Waals surface area contributed by atoms with Gasteiger partial charge in [-0.3, -0.25) is 0 Å². The van der Waals surface area contributed by atoms with Crippen molar-refractivity contribution in [2.24, 2.45) is 0 Å². The lowest BCUT2D eigenvalue weighted by atomic mass is 10.1. The largest absolute Gasteiger partial charge is 0.391 e. The normalized spacial score (nSPS) is 22.6. The van der Waals surface area contributed by atoms with Gasteiger partial charge in [-0.15, -0.1) is 11.3 Å². The maximum Gasteiger partial charge on any atom is 0.0775 e. The zero-order valence-corrected chi connectivity index (χ0v) is 10.3. The number of aliphatic hydroxyl groups excluding tert-OH is 1. The quantitative estimate of drug-likeness (QED) is 0.871. The third kappa shape index (κ3) is 2.14. The lowest BCUT2D eigenvalue weighted by molar-refractivity contribution is 0.141. The van der Waals surface area contributed by atoms with Gasteiger partial charge in [0.2, 0.25) is 0 Å². The molecule has 2 N–H and O–H groups in total. The van der Waals surface area contributed by atoms with Crippen LogP contribution in [0, 0.1) is 0 Å². The molecule has 0 fully saturated rings. The number of benzene rings is 1. The molecule has 0 saturated carbocycles. The zero-order chi connectivity index (χ0) is 11.7. The summed E-state index contributed by atoms with van der Waals surface area (Å²) in [5, 5.41) is 15.6. The molecule has 1 aromatic carbocycles. The predicted molar refractivity (Wildman–Crippen MR) is 70.1 cm³/mol. The summed E-state index contributed by atoms with van der Waals surface area (Å²) >= 11 is 1.74. The highest BCUT2D eigenvalue weighted by Gasteiger charge is 2.29. The highest BCUT2D eigenvalue weighted by Crippen LogP contribution is 2.31. The monoisotopic (exact) mass is 245 g/mol. The van der Waals surface area contributed by atoms with Crippen molar-refractivity contribution in [1.29, 1.82) is 0 Å². The van der Waals surface area contributed by atoms with Gasteiger partial charge in [-0.1, -0.05) is 30.3 Å². The van der Waals surface area contributed by atoms with Gasteiger partial charge >= 0.3 is 0 Å². The van der Waals surface area contributed by atoms with Crippen molar-refractivity contribution in [3.63, 3.8) is 0 Å². The van der Waals surface area contributed by atoms with Crippen LogP contribution in [0.25, 0.3) is 0 Å². The molecule has 2 atom stereocenters. The van der Waals surface area contributed by atoms with Crippen LogP contribution in [0.2, 0.25) is 0 Å². The molecule has 0 saturated heterocycles. The average Bonchev–Trinajstić information content (AvgIpc) is 2.93. The molecule has 1 aromatic heterocycles. The van der Waals surface area contributed by atoms with Crippen molar-refractivity contribution in [2.75, 3.05) is 0 Å². The molecule has 88 valence electrons. The van der Waals surface area contributed by atoms with Crippen LogP contribution >= 0.6 is 11.3 Å². The van der Waals surface area contributed by atoms with Crippen LogP contribution in [0.5, 0.6) is 0 Å². The maximum atomic E-state index is 10.1. The first kappa shape index (κ1) is 11.0. The minimum Gasteiger partial charge on any atom is -0.391 e. The van der Waals surface area contributed by atoms with E-state index in [1.807, 2.05) is 12.1 Å². The van der Waals surface area contributed by atoms with E-state index in [9.17, 15) is 5.11 Å². The summed E-state index contributed by atoms with van der Waals surface area (Å²) < 4.78 is 0. The summed E-state index contributed by atoms with van der Waals surface area (Å²) in [6, 6.07) is 12.5. The smallest absolute Gasteiger partial charge is 0.0775 e. The molecule has 3 rings (SSSR count). The molecular weight excluding hydrogens is 230 g/mol. The average molecular weight is 245 g/mol. The topological polar surface area (TPSA) is 32.3 Å². The lowest BCUT2D eigenvalue weighted by Gasteiger charge is -2.17. The lowest BCUT2D eigenvalue weighted by Crippen LogP contribution is -2.28. The zero-order valence-electron chi connectivity index (χ0n) is 9.47. The minimum atomic E-state index is -0.299. The number of nitrogens with one attached hydrogen (secondary N) is 1. The number of rotatable bonds is 3. The van der Waals surface area contributed by atoms with E-state index in [0.717, 1.165) is 13.0 Å². The Balaban J connectivity index is 1.75. The number of aliphatic hydroxyl groups is 1. The molecule has 0 radical (unpaired) electrons. The molecule has 1 heterocycles. The van der Waals surface area contributed by atoms with E-state index in [1.165, 1.54) is 16.0 Å². The summed E-state index contributed by atoms with van der Waals surface area (Å²) in [4.78, 5) is 1.31. The van der Waals surface area contributed by atoms with E-state index < -0.39 is 0 Å². The third-order valence-electron chi connectivity index (χ3n) is 3.28. The molecule has 3 heteroatoms. The van der Waals surface area contributed by atoms with Gasteiger partial charge in [0, 0.05) is 17.8 Å². The van der Waals surface area contributed by atoms with E-state index in [2.05, 4.69) is 35.0 Å². The fourth-order valence-electron chi connectivity index (χ4n) is 2.44. The number of hydrogen-bond acceptors (Lipinski definition) is 3. The summed E-state index contributed by atoms with van der Waals surface area (Å²) in [5.74, 6) is 0. The molecule has 17 heavy (non-hydrogen) atoms. The Morgan fingerprint density at radius 1 is 1.24 bits per heavy atom. The standard InChI is InChI=1S/C14H15NOS/c16-13-8-10-4-1-2-6-12(10)14(13)15-9-11-5-3-7-17-11/h1-7,13-16H,8-9H2/t13-,14+/m0/s1. The van der Waals surface area contributed by atoms with Gasteiger partial charge in [-0.25, -0.2) is 0 Å². The second-order valence-electron chi connectivity index (χ2n) is 4.41. The first-order valence-electron chi connectivity index (χ1n) is 5.86. The minimum absolute atomic E-state index is 0.0771. The highest BCUT2D eigenvalue weighted by atomic mass is 32.1. The Hall–Kier alpha value is -1.16. The Kier molecular flexibility index (Phi) is 2.97. The van der Waals surface area contributed by atoms with Gasteiger partial charge in [0.05, 0.1) is 12.1 Å². The van der Waals surface area contributed by atoms with Crippen LogP contribution in [0.15, 0.2) is 41.8 Å². The van der Waals surface area contributed by atoms with Crippen LogP contribution in [0.3, 0.4) is 0 Å². The van der Waals surface area contributed by atoms with Crippen molar-refractivity contribution in [2.45, 2.75) is 25.1 Å². The van der Waals surface area contributed by atoms with Crippen LogP contribution < -0.4 is 5.32 Å². The Morgan fingerprint density at radius 3 is 2.94 bits per heavy atom. The summed E-state index contributed by atoms with van der Waals surface area (Å²) in [6.45, 7) is 0.827. The van der Waals surface area contributed by atoms with Crippen molar-refractivity contribution >= 4 is 11.3 Å². The van der Waals surface area contributed by atoms with Crippen LogP contribution in [0.1, 0.15) is 22.0 Å². The molecule has 2 aromatic rings. The number of fused-ring (bicyclic) bond motifs is 1. The second kappa shape index (κ2) is 4.61. The summed E-state index contributed by atoms with van der Waals surface area (Å²) in [5.41, 5.74) is 2.51. The van der Waals surface area contributed by atoms with Crippen molar-refractivity contribution in [1.82, 2.24) is 5.32 Å². The van der Waals surface area contributed by atoms with Gasteiger partial charge in [0.25, 0.3) is 0 Å². The van der Waals surface area contributed by atoms with E-state index in [1.54, 1.807) is 11.3 Å². The van der Waals surface area contributed by atoms with Crippen LogP contribution in [0.4, 0.5) is 0 Å². The van der Waals surface area contributed by atoms with E-state index in [0.29, 0.717) is 0 Å². The molecule has 0 aliphatic heterocycles. The van der Waals surface area contributed by atoms with Crippen LogP contribution in [-0.2, 0) is 13.0 Å². The first-order valence-corrected chi connectivity index (χ1v) is 6.74. The van der Waals surface area contributed by atoms with Crippen molar-refractivity contribution < 1.29 is 5.11 Å². The van der Waals surface area contributed by atoms with Crippen molar-refractivity contribution in [3.05, 3.63) is 57.8 Å². The van der Waals surface area contributed by atoms with Gasteiger partial charge in [-0.2, -0.15) is 0 Å². The maximum absolute atomic E-state index is 10.1. The molecule has 0 amide bonds. The molecule has 1 aliphatic rings. The Labute approximate surface area is 105 Å². The Morgan fingerprint density at radius 2 is 2.12 bits per heavy atom. The van der Waals surface area contributed by atoms with Gasteiger partial charge in [-0.05, 0) is 22.6 Å². The van der Waals surface area contributed by atoms with Crippen molar-refractivity contribution in [3.8, 4) is 0 Å². The third-order valence-corrected chi connectivity index (χ3v) is 4.16. The summed E-state index contributed by atoms with van der Waals surface area (Å²) in [7, 11) is 0. The highest BCUT2D eigenvalue weighted by molar-refractivity contribution is 7.09.